The molecule has 0 radical (unpaired) electrons. The molecule has 2 saturated heterocycles. The van der Waals surface area contributed by atoms with Crippen LogP contribution in [0.3, 0.4) is 0 Å². The number of hydrogen-bond donors (Lipinski definition) is 10. The van der Waals surface area contributed by atoms with Gasteiger partial charge in [0.2, 0.25) is 47.3 Å². The minimum absolute atomic E-state index is 0.0225. The molecule has 7 atom stereocenters. The van der Waals surface area contributed by atoms with E-state index in [0.717, 1.165) is 0 Å². The molecule has 2 rings (SSSR count). The fourth-order valence-corrected chi connectivity index (χ4v) is 8.62. The van der Waals surface area contributed by atoms with Gasteiger partial charge in [-0.05, 0) is 93.6 Å². The lowest BCUT2D eigenvalue weighted by Crippen LogP contribution is -2.60. The molecule has 2 aliphatic rings. The number of hydrogen-bond acceptors (Lipinski definition) is 13. The number of amides is 8. The Balaban J connectivity index is 2.25. The van der Waals surface area contributed by atoms with E-state index in [2.05, 4.69) is 36.9 Å². The Labute approximate surface area is 392 Å². The standard InChI is InChI=1S/C42H77N13O8S2/c1-25(2)23-30(52-35(57)27(44)13-21-64-5)40(62)55-20-8-10-33(55)39(61)51-28(11-12-34(45)56)36(58)50-29(14-22-65-6)37(59)53-31(24-26(3)4)41(63)54-19-7-9-32(54)38(60)47-17-18-49-42(46)48-16-15-43/h25-33H,7-24,43-44H2,1-6H3,(H2,45,56)(H,47,60)(H,50,58)(H,51,61)(H,52,57)(H,53,59)(H3,46,48,49)/t27-,28-,29-,30-,31-,32-,33-/m0/s1. The van der Waals surface area contributed by atoms with Crippen molar-refractivity contribution in [3.63, 3.8) is 0 Å². The van der Waals surface area contributed by atoms with Crippen LogP contribution in [0.2, 0.25) is 0 Å². The van der Waals surface area contributed by atoms with Crippen molar-refractivity contribution < 1.29 is 38.4 Å². The molecule has 23 heteroatoms. The van der Waals surface area contributed by atoms with Crippen molar-refractivity contribution in [3.8, 4) is 0 Å². The molecular weight excluding hydrogens is 879 g/mol. The lowest BCUT2D eigenvalue weighted by molar-refractivity contribution is -0.143. The third-order valence-electron chi connectivity index (χ3n) is 11.0. The summed E-state index contributed by atoms with van der Waals surface area (Å²) in [4.78, 5) is 115. The number of carbonyl (C=O) groups is 8. The highest BCUT2D eigenvalue weighted by Crippen LogP contribution is 2.23. The van der Waals surface area contributed by atoms with Crippen molar-refractivity contribution in [2.75, 3.05) is 63.3 Å². The summed E-state index contributed by atoms with van der Waals surface area (Å²) in [6.45, 7) is 9.43. The van der Waals surface area contributed by atoms with Gasteiger partial charge in [0.25, 0.3) is 0 Å². The Morgan fingerprint density at radius 1 is 0.646 bits per heavy atom. The molecule has 370 valence electrons. The van der Waals surface area contributed by atoms with Crippen LogP contribution < -0.4 is 54.8 Å². The van der Waals surface area contributed by atoms with Crippen molar-refractivity contribution in [3.05, 3.63) is 0 Å². The number of guanidine groups is 1. The maximum absolute atomic E-state index is 14.1. The molecule has 2 heterocycles. The van der Waals surface area contributed by atoms with Crippen molar-refractivity contribution >= 4 is 76.7 Å². The highest BCUT2D eigenvalue weighted by atomic mass is 32.2. The Morgan fingerprint density at radius 3 is 1.63 bits per heavy atom. The number of carbonyl (C=O) groups excluding carboxylic acids is 8. The topological polar surface area (TPSA) is 332 Å². The second-order valence-corrected chi connectivity index (χ2v) is 19.3. The SMILES string of the molecule is CSCC[C@H](NC(=O)[C@H](CCC(N)=O)NC(=O)[C@@H]1CCCN1C(=O)[C@H](CC(C)C)NC(=O)[C@@H](N)CCSC)C(=O)N[C@@H](CC(C)C)C(=O)N1CCC[C@H]1C(=O)NCCNC(N)=NCCN. The second kappa shape index (κ2) is 30.0. The smallest absolute Gasteiger partial charge is 0.245 e. The van der Waals surface area contributed by atoms with Gasteiger partial charge in [-0.2, -0.15) is 23.5 Å². The summed E-state index contributed by atoms with van der Waals surface area (Å²) < 4.78 is 0. The molecule has 2 aliphatic heterocycles. The van der Waals surface area contributed by atoms with E-state index in [9.17, 15) is 38.4 Å². The van der Waals surface area contributed by atoms with E-state index >= 15 is 0 Å². The third kappa shape index (κ3) is 20.0. The first-order valence-electron chi connectivity index (χ1n) is 22.7. The Kier molecular flexibility index (Phi) is 26.2. The molecule has 0 bridgehead atoms. The predicted molar refractivity (Wildman–Crippen MR) is 255 cm³/mol. The number of nitrogens with two attached hydrogens (primary N) is 4. The highest BCUT2D eigenvalue weighted by molar-refractivity contribution is 7.98. The quantitative estimate of drug-likeness (QED) is 0.0222. The van der Waals surface area contributed by atoms with E-state index in [4.69, 9.17) is 22.9 Å². The fourth-order valence-electron chi connectivity index (χ4n) is 7.65. The summed E-state index contributed by atoms with van der Waals surface area (Å²) in [5, 5.41) is 16.8. The monoisotopic (exact) mass is 956 g/mol. The van der Waals surface area contributed by atoms with Gasteiger partial charge in [-0.1, -0.05) is 27.7 Å². The Morgan fingerprint density at radius 2 is 1.12 bits per heavy atom. The highest BCUT2D eigenvalue weighted by Gasteiger charge is 2.41. The molecule has 0 unspecified atom stereocenters. The zero-order valence-electron chi connectivity index (χ0n) is 39.2. The first-order valence-corrected chi connectivity index (χ1v) is 25.5. The number of nitrogens with one attached hydrogen (secondary N) is 6. The van der Waals surface area contributed by atoms with Gasteiger partial charge >= 0.3 is 0 Å². The van der Waals surface area contributed by atoms with Gasteiger partial charge < -0.3 is 64.6 Å². The van der Waals surface area contributed by atoms with Crippen LogP contribution in [-0.4, -0.2) is 169 Å². The van der Waals surface area contributed by atoms with Crippen LogP contribution in [0.5, 0.6) is 0 Å². The van der Waals surface area contributed by atoms with Crippen LogP contribution in [0.4, 0.5) is 0 Å². The average molecular weight is 956 g/mol. The van der Waals surface area contributed by atoms with Crippen molar-refractivity contribution in [2.45, 2.75) is 134 Å². The normalized spacial score (nSPS) is 18.6. The first-order chi connectivity index (χ1) is 30.8. The lowest BCUT2D eigenvalue weighted by Gasteiger charge is -2.31. The van der Waals surface area contributed by atoms with Crippen LogP contribution in [0, 0.1) is 11.8 Å². The third-order valence-corrected chi connectivity index (χ3v) is 12.3. The van der Waals surface area contributed by atoms with Crippen molar-refractivity contribution in [2.24, 2.45) is 39.8 Å². The maximum atomic E-state index is 14.1. The van der Waals surface area contributed by atoms with Crippen molar-refractivity contribution in [1.82, 2.24) is 41.7 Å². The number of nitrogens with zero attached hydrogens (tertiary/aromatic N) is 3. The molecule has 2 fully saturated rings. The van der Waals surface area contributed by atoms with Crippen LogP contribution >= 0.6 is 23.5 Å². The molecule has 0 aliphatic carbocycles. The Hall–Kier alpha value is -4.35. The van der Waals surface area contributed by atoms with Gasteiger partial charge in [0.1, 0.15) is 36.3 Å². The van der Waals surface area contributed by atoms with Gasteiger partial charge in [0.05, 0.1) is 12.6 Å². The molecular formula is C42H77N13O8S2. The predicted octanol–water partition coefficient (Wildman–Crippen LogP) is -1.92. The van der Waals surface area contributed by atoms with Crippen LogP contribution in [0.15, 0.2) is 4.99 Å². The van der Waals surface area contributed by atoms with E-state index in [1.165, 1.54) is 21.6 Å². The first kappa shape index (κ1) is 56.8. The zero-order chi connectivity index (χ0) is 48.6. The van der Waals surface area contributed by atoms with Crippen molar-refractivity contribution in [1.29, 1.82) is 0 Å². The summed E-state index contributed by atoms with van der Waals surface area (Å²) in [6.07, 6.45) is 6.25. The molecule has 21 nitrogen and oxygen atoms in total. The maximum Gasteiger partial charge on any atom is 0.245 e. The minimum atomic E-state index is -1.32. The molecule has 0 aromatic carbocycles. The molecule has 65 heavy (non-hydrogen) atoms. The summed E-state index contributed by atoms with van der Waals surface area (Å²) in [5.74, 6) is -3.10. The molecule has 0 saturated carbocycles. The van der Waals surface area contributed by atoms with Crippen LogP contribution in [-0.2, 0) is 38.4 Å². The fraction of sp³-hybridized carbons (Fsp3) is 0.786. The van der Waals surface area contributed by atoms with Gasteiger partial charge in [-0.3, -0.25) is 43.3 Å². The van der Waals surface area contributed by atoms with Gasteiger partial charge in [0.15, 0.2) is 5.96 Å². The van der Waals surface area contributed by atoms with Crippen LogP contribution in [0.25, 0.3) is 0 Å². The summed E-state index contributed by atoms with van der Waals surface area (Å²) in [5.41, 5.74) is 22.8. The second-order valence-electron chi connectivity index (χ2n) is 17.3. The number of aliphatic imine (C=N–C) groups is 1. The molecule has 8 amide bonds. The average Bonchev–Trinajstić information content (AvgIpc) is 3.96. The summed E-state index contributed by atoms with van der Waals surface area (Å²) in [7, 11) is 0. The summed E-state index contributed by atoms with van der Waals surface area (Å²) >= 11 is 2.99. The molecule has 14 N–H and O–H groups in total. The minimum Gasteiger partial charge on any atom is -0.370 e. The van der Waals surface area contributed by atoms with E-state index in [0.29, 0.717) is 69.8 Å². The Bertz CT molecular complexity index is 1620. The molecule has 0 aromatic heterocycles. The molecule has 0 spiro atoms. The molecule has 0 aromatic rings. The van der Waals surface area contributed by atoms with E-state index in [-0.39, 0.29) is 68.9 Å². The van der Waals surface area contributed by atoms with Gasteiger partial charge in [-0.15, -0.1) is 0 Å². The zero-order valence-corrected chi connectivity index (χ0v) is 40.8. The lowest BCUT2D eigenvalue weighted by atomic mass is 10.0. The number of thioether (sulfide) groups is 2. The van der Waals surface area contributed by atoms with Gasteiger partial charge in [0, 0.05) is 39.1 Å². The number of rotatable bonds is 29. The van der Waals surface area contributed by atoms with Gasteiger partial charge in [-0.25, -0.2) is 0 Å². The largest absolute Gasteiger partial charge is 0.370 e. The number of likely N-dealkylation sites (tertiary alicyclic amines) is 2. The van der Waals surface area contributed by atoms with E-state index in [1.54, 1.807) is 11.8 Å². The number of primary amides is 1. The van der Waals surface area contributed by atoms with E-state index in [1.807, 2.05) is 40.2 Å². The van der Waals surface area contributed by atoms with E-state index < -0.39 is 83.6 Å². The summed E-state index contributed by atoms with van der Waals surface area (Å²) in [6, 6.07) is -6.95. The van der Waals surface area contributed by atoms with Crippen LogP contribution in [0.1, 0.15) is 91.9 Å².